The van der Waals surface area contributed by atoms with Crippen molar-refractivity contribution in [1.29, 1.82) is 0 Å². The van der Waals surface area contributed by atoms with Crippen LogP contribution in [0.1, 0.15) is 22.3 Å². The zero-order chi connectivity index (χ0) is 11.5. The summed E-state index contributed by atoms with van der Waals surface area (Å²) in [6, 6.07) is 7.65. The van der Waals surface area contributed by atoms with E-state index in [4.69, 9.17) is 17.3 Å². The molecule has 2 aromatic rings. The van der Waals surface area contributed by atoms with Crippen LogP contribution in [0.4, 0.5) is 0 Å². The maximum Gasteiger partial charge on any atom is 0.0947 e. The molecular formula is C12H13ClN2S. The Balaban J connectivity index is 2.08. The van der Waals surface area contributed by atoms with Crippen LogP contribution in [0.15, 0.2) is 29.6 Å². The van der Waals surface area contributed by atoms with Crippen LogP contribution in [0.5, 0.6) is 0 Å². The van der Waals surface area contributed by atoms with Gasteiger partial charge in [0.15, 0.2) is 0 Å². The van der Waals surface area contributed by atoms with Gasteiger partial charge in [0, 0.05) is 28.6 Å². The monoisotopic (exact) mass is 252 g/mol. The lowest BCUT2D eigenvalue weighted by Gasteiger charge is -2.09. The number of hydrogen-bond donors (Lipinski definition) is 1. The number of rotatable bonds is 3. The number of aromatic nitrogens is 1. The van der Waals surface area contributed by atoms with E-state index in [1.807, 2.05) is 36.6 Å². The first-order valence-electron chi connectivity index (χ1n) is 5.07. The molecule has 16 heavy (non-hydrogen) atoms. The van der Waals surface area contributed by atoms with Crippen molar-refractivity contribution in [2.45, 2.75) is 19.4 Å². The SMILES string of the molecule is Cc1csc(CC(N)c2ccc(Cl)cc2)n1. The zero-order valence-corrected chi connectivity index (χ0v) is 10.6. The summed E-state index contributed by atoms with van der Waals surface area (Å²) in [4.78, 5) is 4.41. The Morgan fingerprint density at radius 3 is 2.62 bits per heavy atom. The molecule has 1 aromatic carbocycles. The van der Waals surface area contributed by atoms with E-state index >= 15 is 0 Å². The van der Waals surface area contributed by atoms with Gasteiger partial charge in [-0.3, -0.25) is 0 Å². The average Bonchev–Trinajstić information content (AvgIpc) is 2.65. The van der Waals surface area contributed by atoms with Gasteiger partial charge in [0.05, 0.1) is 5.01 Å². The second-order valence-electron chi connectivity index (χ2n) is 3.74. The van der Waals surface area contributed by atoms with Gasteiger partial charge in [0.25, 0.3) is 0 Å². The Bertz CT molecular complexity index is 464. The summed E-state index contributed by atoms with van der Waals surface area (Å²) in [7, 11) is 0. The maximum atomic E-state index is 6.11. The van der Waals surface area contributed by atoms with Gasteiger partial charge in [0.1, 0.15) is 0 Å². The number of aryl methyl sites for hydroxylation is 1. The molecule has 0 saturated carbocycles. The lowest BCUT2D eigenvalue weighted by molar-refractivity contribution is 0.717. The first-order valence-corrected chi connectivity index (χ1v) is 6.33. The van der Waals surface area contributed by atoms with Crippen LogP contribution in [0, 0.1) is 6.92 Å². The zero-order valence-electron chi connectivity index (χ0n) is 8.98. The Labute approximate surface area is 104 Å². The van der Waals surface area contributed by atoms with E-state index in [9.17, 15) is 0 Å². The third-order valence-corrected chi connectivity index (χ3v) is 3.60. The molecule has 0 fully saturated rings. The van der Waals surface area contributed by atoms with Crippen LogP contribution in [-0.2, 0) is 6.42 Å². The molecule has 2 rings (SSSR count). The van der Waals surface area contributed by atoms with Gasteiger partial charge < -0.3 is 5.73 Å². The molecule has 0 saturated heterocycles. The lowest BCUT2D eigenvalue weighted by Crippen LogP contribution is -2.13. The van der Waals surface area contributed by atoms with Crippen molar-refractivity contribution in [3.8, 4) is 0 Å². The standard InChI is InChI=1S/C12H13ClN2S/c1-8-7-16-12(15-8)6-11(14)9-2-4-10(13)5-3-9/h2-5,7,11H,6,14H2,1H3. The van der Waals surface area contributed by atoms with Gasteiger partial charge in [-0.25, -0.2) is 4.98 Å². The summed E-state index contributed by atoms with van der Waals surface area (Å²) in [6.07, 6.45) is 0.778. The minimum absolute atomic E-state index is 0.0113. The van der Waals surface area contributed by atoms with Crippen molar-refractivity contribution in [2.75, 3.05) is 0 Å². The summed E-state index contributed by atoms with van der Waals surface area (Å²) in [6.45, 7) is 1.99. The third-order valence-electron chi connectivity index (χ3n) is 2.36. The van der Waals surface area contributed by atoms with E-state index in [-0.39, 0.29) is 6.04 Å². The van der Waals surface area contributed by atoms with Crippen LogP contribution in [0.25, 0.3) is 0 Å². The fourth-order valence-corrected chi connectivity index (χ4v) is 2.47. The molecule has 1 unspecified atom stereocenters. The predicted molar refractivity (Wildman–Crippen MR) is 68.9 cm³/mol. The molecule has 1 aromatic heterocycles. The van der Waals surface area contributed by atoms with Gasteiger partial charge in [0.2, 0.25) is 0 Å². The Kier molecular flexibility index (Phi) is 3.59. The molecule has 0 spiro atoms. The predicted octanol–water partition coefficient (Wildman–Crippen LogP) is 3.35. The molecule has 0 aliphatic carbocycles. The van der Waals surface area contributed by atoms with E-state index in [1.165, 1.54) is 0 Å². The van der Waals surface area contributed by atoms with E-state index in [0.717, 1.165) is 27.7 Å². The normalized spacial score (nSPS) is 12.7. The smallest absolute Gasteiger partial charge is 0.0947 e. The van der Waals surface area contributed by atoms with Gasteiger partial charge in [-0.05, 0) is 24.6 Å². The molecule has 2 nitrogen and oxygen atoms in total. The molecular weight excluding hydrogens is 240 g/mol. The van der Waals surface area contributed by atoms with Crippen molar-refractivity contribution in [2.24, 2.45) is 5.73 Å². The van der Waals surface area contributed by atoms with Crippen molar-refractivity contribution in [3.05, 3.63) is 50.9 Å². The number of halogens is 1. The summed E-state index contributed by atoms with van der Waals surface area (Å²) in [5, 5.41) is 3.87. The first-order chi connectivity index (χ1) is 7.65. The second-order valence-corrected chi connectivity index (χ2v) is 5.12. The summed E-state index contributed by atoms with van der Waals surface area (Å²) in [5.74, 6) is 0. The highest BCUT2D eigenvalue weighted by Gasteiger charge is 2.09. The van der Waals surface area contributed by atoms with Gasteiger partial charge >= 0.3 is 0 Å². The largest absolute Gasteiger partial charge is 0.324 e. The van der Waals surface area contributed by atoms with Crippen molar-refractivity contribution in [3.63, 3.8) is 0 Å². The molecule has 1 heterocycles. The quantitative estimate of drug-likeness (QED) is 0.910. The summed E-state index contributed by atoms with van der Waals surface area (Å²) >= 11 is 7.49. The topological polar surface area (TPSA) is 38.9 Å². The van der Waals surface area contributed by atoms with E-state index in [0.29, 0.717) is 0 Å². The average molecular weight is 253 g/mol. The van der Waals surface area contributed by atoms with Crippen LogP contribution in [0.2, 0.25) is 5.02 Å². The molecule has 4 heteroatoms. The van der Waals surface area contributed by atoms with Crippen LogP contribution >= 0.6 is 22.9 Å². The van der Waals surface area contributed by atoms with Gasteiger partial charge in [-0.2, -0.15) is 0 Å². The fraction of sp³-hybridized carbons (Fsp3) is 0.250. The minimum atomic E-state index is -0.0113. The van der Waals surface area contributed by atoms with Crippen molar-refractivity contribution in [1.82, 2.24) is 4.98 Å². The van der Waals surface area contributed by atoms with Crippen LogP contribution in [-0.4, -0.2) is 4.98 Å². The summed E-state index contributed by atoms with van der Waals surface area (Å²) < 4.78 is 0. The highest BCUT2D eigenvalue weighted by atomic mass is 35.5. The highest BCUT2D eigenvalue weighted by Crippen LogP contribution is 2.20. The van der Waals surface area contributed by atoms with Gasteiger partial charge in [-0.1, -0.05) is 23.7 Å². The number of thiazole rings is 1. The second kappa shape index (κ2) is 4.95. The number of benzene rings is 1. The first kappa shape index (κ1) is 11.6. The molecule has 0 amide bonds. The Morgan fingerprint density at radius 2 is 2.06 bits per heavy atom. The van der Waals surface area contributed by atoms with Gasteiger partial charge in [-0.15, -0.1) is 11.3 Å². The molecule has 0 radical (unpaired) electrons. The van der Waals surface area contributed by atoms with Crippen LogP contribution < -0.4 is 5.73 Å². The Hall–Kier alpha value is -0.900. The third kappa shape index (κ3) is 2.82. The van der Waals surface area contributed by atoms with Crippen molar-refractivity contribution >= 4 is 22.9 Å². The van der Waals surface area contributed by atoms with Crippen molar-refractivity contribution < 1.29 is 0 Å². The molecule has 0 aliphatic heterocycles. The highest BCUT2D eigenvalue weighted by molar-refractivity contribution is 7.09. The molecule has 0 bridgehead atoms. The molecule has 0 aliphatic rings. The Morgan fingerprint density at radius 1 is 1.38 bits per heavy atom. The summed E-state index contributed by atoms with van der Waals surface area (Å²) in [5.41, 5.74) is 8.26. The van der Waals surface area contributed by atoms with E-state index in [2.05, 4.69) is 4.98 Å². The number of nitrogens with zero attached hydrogens (tertiary/aromatic N) is 1. The number of hydrogen-bond acceptors (Lipinski definition) is 3. The molecule has 84 valence electrons. The molecule has 2 N–H and O–H groups in total. The minimum Gasteiger partial charge on any atom is -0.324 e. The van der Waals surface area contributed by atoms with Crippen LogP contribution in [0.3, 0.4) is 0 Å². The lowest BCUT2D eigenvalue weighted by atomic mass is 10.1. The maximum absolute atomic E-state index is 6.11. The van der Waals surface area contributed by atoms with E-state index in [1.54, 1.807) is 11.3 Å². The fourth-order valence-electron chi connectivity index (χ4n) is 1.51. The van der Waals surface area contributed by atoms with E-state index < -0.39 is 0 Å². The molecule has 1 atom stereocenters. The number of nitrogens with two attached hydrogens (primary N) is 1.